The van der Waals surface area contributed by atoms with Crippen LogP contribution in [-0.4, -0.2) is 15.0 Å². The first-order valence-electron chi connectivity index (χ1n) is 15.0. The maximum atomic E-state index is 6.33. The molecule has 0 bridgehead atoms. The van der Waals surface area contributed by atoms with E-state index in [2.05, 4.69) is 115 Å². The van der Waals surface area contributed by atoms with Gasteiger partial charge in [0.2, 0.25) is 0 Å². The Bertz CT molecular complexity index is 2530. The topological polar surface area (TPSA) is 51.8 Å². The van der Waals surface area contributed by atoms with Crippen LogP contribution >= 0.6 is 0 Å². The van der Waals surface area contributed by atoms with E-state index in [-0.39, 0.29) is 0 Å². The lowest BCUT2D eigenvalue weighted by molar-refractivity contribution is 0.669. The van der Waals surface area contributed by atoms with Crippen molar-refractivity contribution in [1.82, 2.24) is 15.0 Å². The molecule has 2 heterocycles. The van der Waals surface area contributed by atoms with E-state index in [1.54, 1.807) is 0 Å². The van der Waals surface area contributed by atoms with E-state index in [1.807, 2.05) is 36.4 Å². The number of aromatic nitrogens is 3. The lowest BCUT2D eigenvalue weighted by Gasteiger charge is -2.10. The van der Waals surface area contributed by atoms with Crippen molar-refractivity contribution in [1.29, 1.82) is 0 Å². The molecule has 9 aromatic rings. The Hall–Kier alpha value is -6.13. The minimum absolute atomic E-state index is 0.636. The Labute approximate surface area is 259 Å². The van der Waals surface area contributed by atoms with Crippen LogP contribution in [-0.2, 0) is 0 Å². The second-order valence-electron chi connectivity index (χ2n) is 11.3. The van der Waals surface area contributed by atoms with Gasteiger partial charge in [0.1, 0.15) is 11.2 Å². The molecule has 0 fully saturated rings. The molecule has 0 aliphatic heterocycles. The van der Waals surface area contributed by atoms with Crippen LogP contribution < -0.4 is 0 Å². The molecule has 4 heteroatoms. The van der Waals surface area contributed by atoms with Crippen LogP contribution in [0.2, 0.25) is 0 Å². The summed E-state index contributed by atoms with van der Waals surface area (Å²) in [6.07, 6.45) is 0. The van der Waals surface area contributed by atoms with Gasteiger partial charge in [-0.2, -0.15) is 0 Å². The van der Waals surface area contributed by atoms with E-state index >= 15 is 0 Å². The summed E-state index contributed by atoms with van der Waals surface area (Å²) >= 11 is 0. The highest BCUT2D eigenvalue weighted by Crippen LogP contribution is 2.40. The summed E-state index contributed by atoms with van der Waals surface area (Å²) in [5.74, 6) is 1.93. The monoisotopic (exact) mass is 575 g/mol. The standard InChI is InChI=1S/C41H25N3O/c1-2-11-29(12-3-1)39-42-40(44-41(43-39)32-22-17-26-9-4-5-13-31(26)25-32)30-20-18-28(19-21-30)34-15-8-16-35-37(34)38-33-14-7-6-10-27(33)23-24-36(38)45-35/h1-25H. The summed E-state index contributed by atoms with van der Waals surface area (Å²) in [4.78, 5) is 14.9. The van der Waals surface area contributed by atoms with Crippen LogP contribution in [0.3, 0.4) is 0 Å². The first-order chi connectivity index (χ1) is 22.3. The van der Waals surface area contributed by atoms with Gasteiger partial charge in [0.25, 0.3) is 0 Å². The van der Waals surface area contributed by atoms with Gasteiger partial charge in [0.15, 0.2) is 17.5 Å². The summed E-state index contributed by atoms with van der Waals surface area (Å²) < 4.78 is 6.33. The van der Waals surface area contributed by atoms with Crippen molar-refractivity contribution in [2.45, 2.75) is 0 Å². The molecule has 4 nitrogen and oxygen atoms in total. The average Bonchev–Trinajstić information content (AvgIpc) is 3.51. The van der Waals surface area contributed by atoms with E-state index in [0.29, 0.717) is 17.5 Å². The molecule has 0 aliphatic carbocycles. The molecule has 0 saturated heterocycles. The molecule has 0 spiro atoms. The second-order valence-corrected chi connectivity index (χ2v) is 11.3. The Morgan fingerprint density at radius 3 is 1.73 bits per heavy atom. The highest BCUT2D eigenvalue weighted by Gasteiger charge is 2.16. The van der Waals surface area contributed by atoms with Gasteiger partial charge < -0.3 is 4.42 Å². The molecule has 7 aromatic carbocycles. The summed E-state index contributed by atoms with van der Waals surface area (Å²) in [7, 11) is 0. The van der Waals surface area contributed by atoms with Crippen molar-refractivity contribution >= 4 is 43.5 Å². The maximum absolute atomic E-state index is 6.33. The Kier molecular flexibility index (Phi) is 5.78. The Balaban J connectivity index is 1.18. The molecule has 0 unspecified atom stereocenters. The number of furan rings is 1. The average molecular weight is 576 g/mol. The quantitative estimate of drug-likeness (QED) is 0.209. The fourth-order valence-corrected chi connectivity index (χ4v) is 6.31. The van der Waals surface area contributed by atoms with Crippen LogP contribution in [0.1, 0.15) is 0 Å². The van der Waals surface area contributed by atoms with Gasteiger partial charge in [0, 0.05) is 27.5 Å². The van der Waals surface area contributed by atoms with Crippen molar-refractivity contribution in [3.63, 3.8) is 0 Å². The molecule has 0 atom stereocenters. The minimum atomic E-state index is 0.636. The predicted molar refractivity (Wildman–Crippen MR) is 184 cm³/mol. The first-order valence-corrected chi connectivity index (χ1v) is 15.0. The molecule has 0 N–H and O–H groups in total. The zero-order valence-corrected chi connectivity index (χ0v) is 24.2. The number of benzene rings is 7. The highest BCUT2D eigenvalue weighted by atomic mass is 16.3. The van der Waals surface area contributed by atoms with Gasteiger partial charge in [-0.05, 0) is 50.9 Å². The van der Waals surface area contributed by atoms with Crippen LogP contribution in [0.5, 0.6) is 0 Å². The van der Waals surface area contributed by atoms with Crippen molar-refractivity contribution in [3.05, 3.63) is 152 Å². The summed E-state index contributed by atoms with van der Waals surface area (Å²) in [6.45, 7) is 0. The van der Waals surface area contributed by atoms with Crippen LogP contribution in [0.15, 0.2) is 156 Å². The van der Waals surface area contributed by atoms with Gasteiger partial charge >= 0.3 is 0 Å². The third-order valence-electron chi connectivity index (χ3n) is 8.52. The number of rotatable bonds is 4. The molecule has 0 radical (unpaired) electrons. The van der Waals surface area contributed by atoms with Crippen molar-refractivity contribution in [2.24, 2.45) is 0 Å². The van der Waals surface area contributed by atoms with Gasteiger partial charge in [-0.25, -0.2) is 15.0 Å². The van der Waals surface area contributed by atoms with Crippen molar-refractivity contribution < 1.29 is 4.42 Å². The lowest BCUT2D eigenvalue weighted by Crippen LogP contribution is -2.00. The Morgan fingerprint density at radius 1 is 0.356 bits per heavy atom. The second kappa shape index (κ2) is 10.2. The number of hydrogen-bond acceptors (Lipinski definition) is 4. The fourth-order valence-electron chi connectivity index (χ4n) is 6.31. The zero-order valence-electron chi connectivity index (χ0n) is 24.2. The molecule has 0 saturated carbocycles. The fraction of sp³-hybridized carbons (Fsp3) is 0. The van der Waals surface area contributed by atoms with Crippen molar-refractivity contribution in [2.75, 3.05) is 0 Å². The summed E-state index contributed by atoms with van der Waals surface area (Å²) in [5.41, 5.74) is 6.84. The normalized spacial score (nSPS) is 11.6. The van der Waals surface area contributed by atoms with Crippen LogP contribution in [0, 0.1) is 0 Å². The van der Waals surface area contributed by atoms with Crippen LogP contribution in [0.25, 0.3) is 88.8 Å². The number of fused-ring (bicyclic) bond motifs is 6. The van der Waals surface area contributed by atoms with Crippen molar-refractivity contribution in [3.8, 4) is 45.3 Å². The summed E-state index contributed by atoms with van der Waals surface area (Å²) in [5, 5.41) is 7.00. The van der Waals surface area contributed by atoms with E-state index < -0.39 is 0 Å². The largest absolute Gasteiger partial charge is 0.456 e. The maximum Gasteiger partial charge on any atom is 0.164 e. The van der Waals surface area contributed by atoms with Gasteiger partial charge in [-0.15, -0.1) is 0 Å². The minimum Gasteiger partial charge on any atom is -0.456 e. The predicted octanol–water partition coefficient (Wildman–Crippen LogP) is 10.7. The molecule has 2 aromatic heterocycles. The van der Waals surface area contributed by atoms with E-state index in [4.69, 9.17) is 19.4 Å². The molecular formula is C41H25N3O. The number of nitrogens with zero attached hydrogens (tertiary/aromatic N) is 3. The number of hydrogen-bond donors (Lipinski definition) is 0. The van der Waals surface area contributed by atoms with E-state index in [1.165, 1.54) is 16.2 Å². The molecule has 0 amide bonds. The zero-order chi connectivity index (χ0) is 29.7. The molecule has 210 valence electrons. The summed E-state index contributed by atoms with van der Waals surface area (Å²) in [6, 6.07) is 52.2. The van der Waals surface area contributed by atoms with Gasteiger partial charge in [-0.3, -0.25) is 0 Å². The molecule has 45 heavy (non-hydrogen) atoms. The lowest BCUT2D eigenvalue weighted by atomic mass is 9.96. The van der Waals surface area contributed by atoms with Gasteiger partial charge in [0.05, 0.1) is 0 Å². The Morgan fingerprint density at radius 2 is 0.933 bits per heavy atom. The highest BCUT2D eigenvalue weighted by molar-refractivity contribution is 6.22. The van der Waals surface area contributed by atoms with Gasteiger partial charge in [-0.1, -0.05) is 133 Å². The van der Waals surface area contributed by atoms with E-state index in [9.17, 15) is 0 Å². The molecule has 9 rings (SSSR count). The third-order valence-corrected chi connectivity index (χ3v) is 8.52. The SMILES string of the molecule is c1ccc(-c2nc(-c3ccc(-c4cccc5oc6ccc7ccccc7c6c45)cc3)nc(-c3ccc4ccccc4c3)n2)cc1. The smallest absolute Gasteiger partial charge is 0.164 e. The molecular weight excluding hydrogens is 550 g/mol. The molecule has 0 aliphatic rings. The third kappa shape index (κ3) is 4.35. The van der Waals surface area contributed by atoms with Crippen LogP contribution in [0.4, 0.5) is 0 Å². The van der Waals surface area contributed by atoms with E-state index in [0.717, 1.165) is 55.1 Å². The first kappa shape index (κ1) is 25.4.